The van der Waals surface area contributed by atoms with Gasteiger partial charge in [-0.2, -0.15) is 9.94 Å². The molecule has 1 unspecified atom stereocenters. The Morgan fingerprint density at radius 2 is 2.04 bits per heavy atom. The van der Waals surface area contributed by atoms with E-state index in [1.165, 1.54) is 24.0 Å². The van der Waals surface area contributed by atoms with Gasteiger partial charge in [0, 0.05) is 24.7 Å². The molecule has 0 bridgehead atoms. The third kappa shape index (κ3) is 2.00. The van der Waals surface area contributed by atoms with Crippen LogP contribution in [0.15, 0.2) is 41.5 Å². The standard InChI is InChI=1S/C20H23N4O2/c1-25-17-11-14-7-3-4-8-16(14)19-18-15(13-24(17,19)26-2)12-21-22-20(18)23-9-5-6-10-23/h4,8,11-13H,3,5-7,9-10H2,1-2H3/q+1. The third-order valence-corrected chi connectivity index (χ3v) is 5.75. The fourth-order valence-electron chi connectivity index (χ4n) is 4.53. The third-order valence-electron chi connectivity index (χ3n) is 5.75. The van der Waals surface area contributed by atoms with Crippen molar-refractivity contribution in [1.82, 2.24) is 10.2 Å². The van der Waals surface area contributed by atoms with Gasteiger partial charge in [-0.1, -0.05) is 16.8 Å². The molecule has 1 aliphatic carbocycles. The highest BCUT2D eigenvalue weighted by Crippen LogP contribution is 2.43. The average Bonchev–Trinajstić information content (AvgIpc) is 3.33. The van der Waals surface area contributed by atoms with Crippen molar-refractivity contribution < 1.29 is 14.2 Å². The maximum absolute atomic E-state index is 6.06. The largest absolute Gasteiger partial charge is 0.452 e. The first-order valence-electron chi connectivity index (χ1n) is 9.23. The van der Waals surface area contributed by atoms with Crippen LogP contribution in [-0.4, -0.2) is 42.2 Å². The summed E-state index contributed by atoms with van der Waals surface area (Å²) in [6.45, 7) is 2.06. The van der Waals surface area contributed by atoms with Crippen molar-refractivity contribution in [2.75, 3.05) is 32.2 Å². The molecule has 1 fully saturated rings. The number of methoxy groups -OCH3 is 1. The zero-order valence-corrected chi connectivity index (χ0v) is 15.2. The molecule has 4 heterocycles. The van der Waals surface area contributed by atoms with Crippen molar-refractivity contribution in [2.45, 2.75) is 25.7 Å². The number of rotatable bonds is 3. The van der Waals surface area contributed by atoms with E-state index in [0.717, 1.165) is 53.8 Å². The molecule has 4 aliphatic rings. The number of ether oxygens (including phenoxy) is 1. The summed E-state index contributed by atoms with van der Waals surface area (Å²) in [5.41, 5.74) is 3.63. The lowest BCUT2D eigenvalue weighted by atomic mass is 9.91. The van der Waals surface area contributed by atoms with E-state index in [-0.39, 0.29) is 4.65 Å². The molecular formula is C20H23N4O2+. The van der Waals surface area contributed by atoms with Crippen LogP contribution < -0.4 is 15.3 Å². The summed E-state index contributed by atoms with van der Waals surface area (Å²) < 4.78 is 5.92. The van der Waals surface area contributed by atoms with Crippen LogP contribution in [0.25, 0.3) is 11.9 Å². The number of allylic oxidation sites excluding steroid dienone is 3. The SMILES string of the molecule is COC1=CC2=C(C=CCC2)C2=c3c(N4CCCC4)nncc3=C[N+]12OC. The second-order valence-electron chi connectivity index (χ2n) is 7.08. The van der Waals surface area contributed by atoms with E-state index < -0.39 is 0 Å². The average molecular weight is 351 g/mol. The van der Waals surface area contributed by atoms with E-state index in [4.69, 9.17) is 9.57 Å². The highest BCUT2D eigenvalue weighted by molar-refractivity contribution is 5.75. The number of anilines is 1. The zero-order valence-electron chi connectivity index (χ0n) is 15.2. The molecule has 0 amide bonds. The summed E-state index contributed by atoms with van der Waals surface area (Å²) in [5, 5.41) is 11.0. The number of quaternary nitrogens is 1. The summed E-state index contributed by atoms with van der Waals surface area (Å²) in [6.07, 6.45) is 15.0. The second kappa shape index (κ2) is 5.79. The molecule has 1 saturated heterocycles. The van der Waals surface area contributed by atoms with Gasteiger partial charge in [-0.25, -0.2) is 0 Å². The molecule has 6 nitrogen and oxygen atoms in total. The first-order chi connectivity index (χ1) is 12.8. The maximum atomic E-state index is 6.06. The van der Waals surface area contributed by atoms with Gasteiger partial charge in [0.25, 0.3) is 0 Å². The molecule has 6 heteroatoms. The molecule has 0 radical (unpaired) electrons. The minimum Gasteiger partial charge on any atom is -0.452 e. The highest BCUT2D eigenvalue weighted by Gasteiger charge is 2.49. The first-order valence-corrected chi connectivity index (χ1v) is 9.23. The fraction of sp³-hybridized carbons (Fsp3) is 0.400. The molecule has 1 aromatic heterocycles. The number of aromatic nitrogens is 2. The fourth-order valence-corrected chi connectivity index (χ4v) is 4.53. The summed E-state index contributed by atoms with van der Waals surface area (Å²) in [6, 6.07) is 0. The molecule has 1 aromatic rings. The van der Waals surface area contributed by atoms with Crippen LogP contribution in [0.1, 0.15) is 25.7 Å². The molecule has 0 saturated carbocycles. The molecule has 0 aromatic carbocycles. The van der Waals surface area contributed by atoms with Crippen molar-refractivity contribution >= 4 is 17.7 Å². The number of hydrogen-bond donors (Lipinski definition) is 0. The molecule has 0 spiro atoms. The zero-order chi connectivity index (χ0) is 17.7. The van der Waals surface area contributed by atoms with Crippen molar-refractivity contribution in [3.05, 3.63) is 51.9 Å². The Labute approximate surface area is 152 Å². The van der Waals surface area contributed by atoms with Gasteiger partial charge in [-0.05, 0) is 31.3 Å². The van der Waals surface area contributed by atoms with Crippen LogP contribution >= 0.6 is 0 Å². The Hall–Kier alpha value is -2.44. The van der Waals surface area contributed by atoms with Crippen LogP contribution in [-0.2, 0) is 9.57 Å². The second-order valence-corrected chi connectivity index (χ2v) is 7.08. The smallest absolute Gasteiger partial charge is 0.335 e. The van der Waals surface area contributed by atoms with Crippen molar-refractivity contribution in [2.24, 2.45) is 0 Å². The normalized spacial score (nSPS) is 26.3. The molecule has 26 heavy (non-hydrogen) atoms. The van der Waals surface area contributed by atoms with E-state index in [0.29, 0.717) is 0 Å². The number of nitrogens with zero attached hydrogens (tertiary/aromatic N) is 4. The maximum Gasteiger partial charge on any atom is 0.335 e. The lowest BCUT2D eigenvalue weighted by Crippen LogP contribution is -2.42. The Bertz CT molecular complexity index is 986. The lowest BCUT2D eigenvalue weighted by Gasteiger charge is -2.34. The summed E-state index contributed by atoms with van der Waals surface area (Å²) in [7, 11) is 3.44. The van der Waals surface area contributed by atoms with Crippen molar-refractivity contribution in [3.8, 4) is 0 Å². The Morgan fingerprint density at radius 3 is 2.81 bits per heavy atom. The van der Waals surface area contributed by atoms with Crippen LogP contribution in [0.2, 0.25) is 0 Å². The predicted molar refractivity (Wildman–Crippen MR) is 98.4 cm³/mol. The highest BCUT2D eigenvalue weighted by atomic mass is 16.7. The van der Waals surface area contributed by atoms with Crippen molar-refractivity contribution in [1.29, 1.82) is 0 Å². The Morgan fingerprint density at radius 1 is 1.19 bits per heavy atom. The first kappa shape index (κ1) is 15.8. The molecule has 3 aliphatic heterocycles. The number of hydrogen-bond acceptors (Lipinski definition) is 5. The van der Waals surface area contributed by atoms with Gasteiger partial charge in [0.05, 0.1) is 30.9 Å². The minimum atomic E-state index is 0.128. The predicted octanol–water partition coefficient (Wildman–Crippen LogP) is 1.46. The summed E-state index contributed by atoms with van der Waals surface area (Å²) >= 11 is 0. The summed E-state index contributed by atoms with van der Waals surface area (Å²) in [5.74, 6) is 1.74. The topological polar surface area (TPSA) is 47.5 Å². The van der Waals surface area contributed by atoms with Crippen LogP contribution in [0.4, 0.5) is 5.82 Å². The Balaban J connectivity index is 1.88. The van der Waals surface area contributed by atoms with Gasteiger partial charge >= 0.3 is 5.88 Å². The van der Waals surface area contributed by atoms with E-state index >= 15 is 0 Å². The molecule has 5 rings (SSSR count). The van der Waals surface area contributed by atoms with Crippen LogP contribution in [0.3, 0.4) is 0 Å². The van der Waals surface area contributed by atoms with E-state index in [1.54, 1.807) is 14.2 Å². The number of fused-ring (bicyclic) bond motifs is 3. The van der Waals surface area contributed by atoms with Crippen LogP contribution in [0.5, 0.6) is 0 Å². The lowest BCUT2D eigenvalue weighted by molar-refractivity contribution is -0.962. The van der Waals surface area contributed by atoms with Gasteiger partial charge in [-0.15, -0.1) is 5.10 Å². The molecule has 1 atom stereocenters. The van der Waals surface area contributed by atoms with Gasteiger partial charge in [0.2, 0.25) is 0 Å². The van der Waals surface area contributed by atoms with Crippen LogP contribution in [0, 0.1) is 0 Å². The minimum absolute atomic E-state index is 0.128. The monoisotopic (exact) mass is 351 g/mol. The van der Waals surface area contributed by atoms with Gasteiger partial charge in [-0.3, -0.25) is 0 Å². The molecule has 134 valence electrons. The molecule has 0 N–H and O–H groups in total. The van der Waals surface area contributed by atoms with E-state index in [2.05, 4.69) is 39.5 Å². The Kier molecular flexibility index (Phi) is 3.52. The quantitative estimate of drug-likeness (QED) is 0.772. The van der Waals surface area contributed by atoms with E-state index in [9.17, 15) is 0 Å². The van der Waals surface area contributed by atoms with Crippen molar-refractivity contribution in [3.63, 3.8) is 0 Å². The van der Waals surface area contributed by atoms with Gasteiger partial charge < -0.3 is 9.64 Å². The van der Waals surface area contributed by atoms with E-state index in [1.807, 2.05) is 6.20 Å². The summed E-state index contributed by atoms with van der Waals surface area (Å²) in [4.78, 5) is 8.41. The van der Waals surface area contributed by atoms with Gasteiger partial charge in [0.1, 0.15) is 0 Å². The molecular weight excluding hydrogens is 328 g/mol. The number of hydroxylamine groups is 3. The van der Waals surface area contributed by atoms with Gasteiger partial charge in [0.15, 0.2) is 17.7 Å².